The van der Waals surface area contributed by atoms with Crippen LogP contribution in [0.2, 0.25) is 0 Å². The predicted octanol–water partition coefficient (Wildman–Crippen LogP) is 3.34. The van der Waals surface area contributed by atoms with E-state index in [9.17, 15) is 0 Å². The lowest BCUT2D eigenvalue weighted by molar-refractivity contribution is 0.496. The van der Waals surface area contributed by atoms with Gasteiger partial charge in [0.05, 0.1) is 5.69 Å². The minimum Gasteiger partial charge on any atom is -0.381 e. The highest BCUT2D eigenvalue weighted by Crippen LogP contribution is 2.19. The van der Waals surface area contributed by atoms with Crippen LogP contribution in [0.25, 0.3) is 0 Å². The molecule has 1 aromatic heterocycles. The molecule has 0 spiro atoms. The number of hydrogen-bond acceptors (Lipinski definition) is 3. The summed E-state index contributed by atoms with van der Waals surface area (Å²) in [7, 11) is 0. The Labute approximate surface area is 105 Å². The van der Waals surface area contributed by atoms with E-state index in [4.69, 9.17) is 5.73 Å². The van der Waals surface area contributed by atoms with Gasteiger partial charge in [-0.3, -0.25) is 0 Å². The quantitative estimate of drug-likeness (QED) is 0.707. The fourth-order valence-electron chi connectivity index (χ4n) is 2.13. The summed E-state index contributed by atoms with van der Waals surface area (Å²) >= 11 is 0. The third-order valence-corrected chi connectivity index (χ3v) is 3.07. The maximum absolute atomic E-state index is 5.82. The number of hydrogen-bond donors (Lipinski definition) is 1. The van der Waals surface area contributed by atoms with Crippen molar-refractivity contribution in [2.75, 3.05) is 5.73 Å². The molecule has 0 amide bonds. The van der Waals surface area contributed by atoms with Crippen LogP contribution < -0.4 is 5.73 Å². The van der Waals surface area contributed by atoms with Crippen molar-refractivity contribution in [1.29, 1.82) is 0 Å². The van der Waals surface area contributed by atoms with Gasteiger partial charge in [-0.05, 0) is 12.3 Å². The van der Waals surface area contributed by atoms with Crippen molar-refractivity contribution in [1.82, 2.24) is 15.0 Å². The number of unbranched alkanes of at least 4 members (excludes halogenated alkanes) is 5. The number of nitrogens with zero attached hydrogens (tertiary/aromatic N) is 3. The molecule has 2 N–H and O–H groups in total. The summed E-state index contributed by atoms with van der Waals surface area (Å²) in [5.74, 6) is 0.982. The van der Waals surface area contributed by atoms with Crippen LogP contribution in [0.1, 0.15) is 70.9 Å². The number of rotatable bonds is 8. The van der Waals surface area contributed by atoms with Gasteiger partial charge in [0.2, 0.25) is 0 Å². The number of nitrogens with two attached hydrogens (primary N) is 1. The van der Waals surface area contributed by atoms with E-state index in [1.807, 2.05) is 4.68 Å². The molecule has 0 aliphatic rings. The first-order valence-electron chi connectivity index (χ1n) is 6.85. The topological polar surface area (TPSA) is 56.7 Å². The molecule has 0 radical (unpaired) electrons. The van der Waals surface area contributed by atoms with Crippen molar-refractivity contribution in [2.45, 2.75) is 71.8 Å². The van der Waals surface area contributed by atoms with Crippen molar-refractivity contribution in [3.8, 4) is 0 Å². The molecular formula is C13H26N4. The van der Waals surface area contributed by atoms with Gasteiger partial charge >= 0.3 is 0 Å². The molecule has 1 aromatic rings. The second-order valence-corrected chi connectivity index (χ2v) is 5.01. The Bertz CT molecular complexity index is 317. The molecule has 4 nitrogen and oxygen atoms in total. The van der Waals surface area contributed by atoms with Crippen LogP contribution in [0.15, 0.2) is 0 Å². The van der Waals surface area contributed by atoms with Gasteiger partial charge in [-0.2, -0.15) is 0 Å². The Kier molecular flexibility index (Phi) is 6.01. The first-order valence-corrected chi connectivity index (χ1v) is 6.85. The molecule has 1 rings (SSSR count). The predicted molar refractivity (Wildman–Crippen MR) is 71.9 cm³/mol. The second kappa shape index (κ2) is 7.30. The van der Waals surface area contributed by atoms with Crippen molar-refractivity contribution >= 4 is 5.82 Å². The van der Waals surface area contributed by atoms with Crippen molar-refractivity contribution < 1.29 is 0 Å². The molecule has 0 aromatic carbocycles. The van der Waals surface area contributed by atoms with Crippen LogP contribution in [0.3, 0.4) is 0 Å². The fourth-order valence-corrected chi connectivity index (χ4v) is 2.13. The second-order valence-electron chi connectivity index (χ2n) is 5.01. The van der Waals surface area contributed by atoms with Crippen molar-refractivity contribution in [3.63, 3.8) is 0 Å². The lowest BCUT2D eigenvalue weighted by Crippen LogP contribution is -2.08. The van der Waals surface area contributed by atoms with Gasteiger partial charge in [-0.15, -0.1) is 5.10 Å². The zero-order valence-corrected chi connectivity index (χ0v) is 11.4. The molecule has 4 heteroatoms. The van der Waals surface area contributed by atoms with Crippen LogP contribution in [-0.4, -0.2) is 15.0 Å². The molecule has 17 heavy (non-hydrogen) atoms. The molecular weight excluding hydrogens is 212 g/mol. The Hall–Kier alpha value is -1.06. The van der Waals surface area contributed by atoms with E-state index < -0.39 is 0 Å². The van der Waals surface area contributed by atoms with Gasteiger partial charge < -0.3 is 5.73 Å². The number of aromatic nitrogens is 3. The fraction of sp³-hybridized carbons (Fsp3) is 0.846. The third-order valence-electron chi connectivity index (χ3n) is 3.07. The number of anilines is 1. The van der Waals surface area contributed by atoms with E-state index in [0.717, 1.165) is 12.2 Å². The van der Waals surface area contributed by atoms with Crippen LogP contribution in [0.4, 0.5) is 5.82 Å². The van der Waals surface area contributed by atoms with Crippen LogP contribution in [0.5, 0.6) is 0 Å². The highest BCUT2D eigenvalue weighted by Gasteiger charge is 2.12. The molecule has 0 atom stereocenters. The third kappa shape index (κ3) is 4.36. The molecule has 0 aliphatic heterocycles. The van der Waals surface area contributed by atoms with Crippen molar-refractivity contribution in [2.24, 2.45) is 0 Å². The van der Waals surface area contributed by atoms with Gasteiger partial charge in [-0.25, -0.2) is 4.68 Å². The first-order chi connectivity index (χ1) is 8.16. The lowest BCUT2D eigenvalue weighted by Gasteiger charge is -2.09. The van der Waals surface area contributed by atoms with Crippen LogP contribution in [-0.2, 0) is 6.54 Å². The SMILES string of the molecule is CCCCCCCCn1nnc(N)c1C(C)C. The van der Waals surface area contributed by atoms with Crippen LogP contribution >= 0.6 is 0 Å². The maximum Gasteiger partial charge on any atom is 0.169 e. The standard InChI is InChI=1S/C13H26N4/c1-4-5-6-7-8-9-10-17-12(11(2)3)13(14)15-16-17/h11H,4-10,14H2,1-3H3. The lowest BCUT2D eigenvalue weighted by atomic mass is 10.1. The smallest absolute Gasteiger partial charge is 0.169 e. The molecule has 0 aliphatic carbocycles. The Balaban J connectivity index is 2.32. The molecule has 0 fully saturated rings. The van der Waals surface area contributed by atoms with Gasteiger partial charge in [0.25, 0.3) is 0 Å². The van der Waals surface area contributed by atoms with E-state index in [1.165, 1.54) is 38.5 Å². The highest BCUT2D eigenvalue weighted by molar-refractivity contribution is 5.34. The van der Waals surface area contributed by atoms with E-state index in [2.05, 4.69) is 31.1 Å². The van der Waals surface area contributed by atoms with Crippen molar-refractivity contribution in [3.05, 3.63) is 5.69 Å². The zero-order valence-electron chi connectivity index (χ0n) is 11.4. The summed E-state index contributed by atoms with van der Waals surface area (Å²) in [6, 6.07) is 0. The van der Waals surface area contributed by atoms with E-state index in [0.29, 0.717) is 11.7 Å². The molecule has 0 bridgehead atoms. The average Bonchev–Trinajstić information content (AvgIpc) is 2.65. The highest BCUT2D eigenvalue weighted by atomic mass is 15.4. The first kappa shape index (κ1) is 14.0. The Morgan fingerprint density at radius 3 is 2.41 bits per heavy atom. The summed E-state index contributed by atoms with van der Waals surface area (Å²) in [4.78, 5) is 0. The Morgan fingerprint density at radius 2 is 1.76 bits per heavy atom. The van der Waals surface area contributed by atoms with E-state index in [-0.39, 0.29) is 0 Å². The van der Waals surface area contributed by atoms with Gasteiger partial charge in [0.1, 0.15) is 0 Å². The molecule has 0 saturated carbocycles. The average molecular weight is 238 g/mol. The Morgan fingerprint density at radius 1 is 1.12 bits per heavy atom. The summed E-state index contributed by atoms with van der Waals surface area (Å²) < 4.78 is 1.97. The largest absolute Gasteiger partial charge is 0.381 e. The van der Waals surface area contributed by atoms with Crippen LogP contribution in [0, 0.1) is 0 Å². The summed E-state index contributed by atoms with van der Waals surface area (Å²) in [5, 5.41) is 8.07. The van der Waals surface area contributed by atoms with E-state index in [1.54, 1.807) is 0 Å². The van der Waals surface area contributed by atoms with Gasteiger partial charge in [0.15, 0.2) is 5.82 Å². The summed E-state index contributed by atoms with van der Waals surface area (Å²) in [6.45, 7) is 7.45. The molecule has 0 saturated heterocycles. The molecule has 1 heterocycles. The number of aryl methyl sites for hydroxylation is 1. The minimum absolute atomic E-state index is 0.394. The molecule has 0 unspecified atom stereocenters. The normalized spacial score (nSPS) is 11.3. The summed E-state index contributed by atoms with van der Waals surface area (Å²) in [6.07, 6.45) is 7.79. The molecule has 98 valence electrons. The van der Waals surface area contributed by atoms with Gasteiger partial charge in [0, 0.05) is 6.54 Å². The minimum atomic E-state index is 0.394. The monoisotopic (exact) mass is 238 g/mol. The summed E-state index contributed by atoms with van der Waals surface area (Å²) in [5.41, 5.74) is 6.90. The zero-order chi connectivity index (χ0) is 12.7. The van der Waals surface area contributed by atoms with Gasteiger partial charge in [-0.1, -0.05) is 58.1 Å². The number of nitrogen functional groups attached to an aromatic ring is 1. The maximum atomic E-state index is 5.82. The van der Waals surface area contributed by atoms with E-state index >= 15 is 0 Å².